The van der Waals surface area contributed by atoms with Gasteiger partial charge in [-0.25, -0.2) is 0 Å². The Morgan fingerprint density at radius 3 is 2.52 bits per heavy atom. The van der Waals surface area contributed by atoms with E-state index in [1.165, 1.54) is 7.11 Å². The van der Waals surface area contributed by atoms with Crippen LogP contribution >= 0.6 is 0 Å². The first kappa shape index (κ1) is 17.5. The highest BCUT2D eigenvalue weighted by Gasteiger charge is 2.40. The number of carbonyl (C=O) groups is 1. The Morgan fingerprint density at radius 1 is 1.20 bits per heavy atom. The molecule has 0 radical (unpaired) electrons. The molecule has 1 aliphatic rings. The first-order valence-corrected chi connectivity index (χ1v) is 8.71. The van der Waals surface area contributed by atoms with Gasteiger partial charge in [-0.3, -0.25) is 4.79 Å². The highest BCUT2D eigenvalue weighted by molar-refractivity contribution is 5.78. The number of aromatic nitrogens is 4. The summed E-state index contributed by atoms with van der Waals surface area (Å²) in [7, 11) is 1.52. The van der Waals surface area contributed by atoms with Crippen LogP contribution in [0, 0.1) is 13.8 Å². The molecule has 25 heavy (non-hydrogen) atoms. The second-order valence-corrected chi connectivity index (χ2v) is 6.88. The lowest BCUT2D eigenvalue weighted by molar-refractivity contribution is -0.127. The summed E-state index contributed by atoms with van der Waals surface area (Å²) in [6.45, 7) is 4.14. The van der Waals surface area contributed by atoms with Gasteiger partial charge >= 0.3 is 0 Å². The van der Waals surface area contributed by atoms with Gasteiger partial charge in [0.25, 0.3) is 0 Å². The first-order chi connectivity index (χ1) is 12.0. The van der Waals surface area contributed by atoms with Gasteiger partial charge in [0.15, 0.2) is 5.82 Å². The fraction of sp³-hybridized carbons (Fsp3) is 0.556. The van der Waals surface area contributed by atoms with E-state index in [9.17, 15) is 4.79 Å². The van der Waals surface area contributed by atoms with E-state index in [0.29, 0.717) is 5.82 Å². The molecule has 134 valence electrons. The van der Waals surface area contributed by atoms with Crippen molar-refractivity contribution in [3.63, 3.8) is 0 Å². The van der Waals surface area contributed by atoms with Crippen LogP contribution in [0.25, 0.3) is 5.69 Å². The molecule has 0 saturated heterocycles. The lowest BCUT2D eigenvalue weighted by atomic mass is 9.80. The summed E-state index contributed by atoms with van der Waals surface area (Å²) in [4.78, 5) is 12.3. The molecule has 3 rings (SSSR count). The Balaban J connectivity index is 2.03. The largest absolute Gasteiger partial charge is 0.375 e. The number of nitrogens with zero attached hydrogens (tertiary/aromatic N) is 4. The minimum atomic E-state index is -0.547. The van der Waals surface area contributed by atoms with Crippen LogP contribution in [-0.2, 0) is 15.1 Å². The van der Waals surface area contributed by atoms with Crippen molar-refractivity contribution in [3.8, 4) is 5.69 Å². The molecule has 1 fully saturated rings. The van der Waals surface area contributed by atoms with Crippen molar-refractivity contribution >= 4 is 5.91 Å². The van der Waals surface area contributed by atoms with Gasteiger partial charge in [-0.1, -0.05) is 25.3 Å². The predicted molar refractivity (Wildman–Crippen MR) is 93.4 cm³/mol. The third-order valence-electron chi connectivity index (χ3n) is 4.71. The fourth-order valence-corrected chi connectivity index (χ4v) is 3.73. The van der Waals surface area contributed by atoms with Crippen molar-refractivity contribution in [1.82, 2.24) is 25.5 Å². The molecular weight excluding hydrogens is 318 g/mol. The molecule has 1 aromatic heterocycles. The van der Waals surface area contributed by atoms with E-state index in [1.54, 1.807) is 4.68 Å². The van der Waals surface area contributed by atoms with E-state index >= 15 is 0 Å². The van der Waals surface area contributed by atoms with Crippen molar-refractivity contribution in [1.29, 1.82) is 0 Å². The topological polar surface area (TPSA) is 81.9 Å². The van der Waals surface area contributed by atoms with Gasteiger partial charge < -0.3 is 10.1 Å². The second-order valence-electron chi connectivity index (χ2n) is 6.88. The Labute approximate surface area is 147 Å². The molecule has 0 unspecified atom stereocenters. The van der Waals surface area contributed by atoms with Crippen LogP contribution in [0.3, 0.4) is 0 Å². The molecule has 7 heteroatoms. The Bertz CT molecular complexity index is 729. The molecule has 1 aliphatic carbocycles. The summed E-state index contributed by atoms with van der Waals surface area (Å²) >= 11 is 0. The smallest absolute Gasteiger partial charge is 0.246 e. The zero-order valence-electron chi connectivity index (χ0n) is 15.1. The number of carbonyl (C=O) groups excluding carboxylic acids is 1. The monoisotopic (exact) mass is 343 g/mol. The van der Waals surface area contributed by atoms with Crippen LogP contribution in [0.1, 0.15) is 49.1 Å². The maximum absolute atomic E-state index is 12.3. The van der Waals surface area contributed by atoms with Crippen molar-refractivity contribution in [3.05, 3.63) is 35.2 Å². The summed E-state index contributed by atoms with van der Waals surface area (Å²) in [6.07, 6.45) is 4.88. The zero-order chi connectivity index (χ0) is 17.9. The van der Waals surface area contributed by atoms with Gasteiger partial charge in [0.1, 0.15) is 12.1 Å². The number of nitrogens with one attached hydrogen (secondary N) is 1. The molecule has 1 saturated carbocycles. The number of rotatable bonds is 5. The number of amides is 1. The third-order valence-corrected chi connectivity index (χ3v) is 4.71. The minimum Gasteiger partial charge on any atom is -0.375 e. The Kier molecular flexibility index (Phi) is 5.13. The van der Waals surface area contributed by atoms with Crippen molar-refractivity contribution in [2.24, 2.45) is 0 Å². The van der Waals surface area contributed by atoms with E-state index in [2.05, 4.69) is 52.9 Å². The number of aryl methyl sites for hydroxylation is 2. The average molecular weight is 343 g/mol. The maximum Gasteiger partial charge on any atom is 0.246 e. The van der Waals surface area contributed by atoms with Gasteiger partial charge in [-0.05, 0) is 60.4 Å². The molecular formula is C18H25N5O2. The van der Waals surface area contributed by atoms with Crippen LogP contribution in [0.4, 0.5) is 0 Å². The van der Waals surface area contributed by atoms with Gasteiger partial charge in [0, 0.05) is 7.11 Å². The van der Waals surface area contributed by atoms with Crippen LogP contribution in [-0.4, -0.2) is 39.8 Å². The molecule has 2 aromatic rings. The predicted octanol–water partition coefficient (Wildman–Crippen LogP) is 2.20. The molecule has 1 amide bonds. The summed E-state index contributed by atoms with van der Waals surface area (Å²) in [5.41, 5.74) is 2.67. The number of hydrogen-bond donors (Lipinski definition) is 1. The van der Waals surface area contributed by atoms with Gasteiger partial charge in [-0.2, -0.15) is 4.68 Å². The SMILES string of the molecule is COCC(=O)NC1(c2nnnn2-c2cc(C)cc(C)c2)CCCCC1. The van der Waals surface area contributed by atoms with Crippen LogP contribution < -0.4 is 5.32 Å². The molecule has 7 nitrogen and oxygen atoms in total. The number of ether oxygens (including phenoxy) is 1. The van der Waals surface area contributed by atoms with E-state index in [4.69, 9.17) is 4.74 Å². The van der Waals surface area contributed by atoms with E-state index in [1.807, 2.05) is 0 Å². The highest BCUT2D eigenvalue weighted by atomic mass is 16.5. The van der Waals surface area contributed by atoms with E-state index in [0.717, 1.165) is 48.9 Å². The zero-order valence-corrected chi connectivity index (χ0v) is 15.1. The lowest BCUT2D eigenvalue weighted by Gasteiger charge is -2.36. The fourth-order valence-electron chi connectivity index (χ4n) is 3.73. The molecule has 0 spiro atoms. The first-order valence-electron chi connectivity index (χ1n) is 8.71. The Morgan fingerprint density at radius 2 is 1.88 bits per heavy atom. The number of tetrazole rings is 1. The number of methoxy groups -OCH3 is 1. The lowest BCUT2D eigenvalue weighted by Crippen LogP contribution is -2.50. The molecule has 0 bridgehead atoms. The van der Waals surface area contributed by atoms with E-state index < -0.39 is 5.54 Å². The molecule has 1 aromatic carbocycles. The second kappa shape index (κ2) is 7.31. The number of benzene rings is 1. The van der Waals surface area contributed by atoms with Gasteiger partial charge in [0.05, 0.1) is 5.69 Å². The summed E-state index contributed by atoms with van der Waals surface area (Å²) in [5, 5.41) is 15.6. The summed E-state index contributed by atoms with van der Waals surface area (Å²) < 4.78 is 6.75. The molecule has 1 N–H and O–H groups in total. The normalized spacial score (nSPS) is 16.6. The van der Waals surface area contributed by atoms with Crippen LogP contribution in [0.5, 0.6) is 0 Å². The summed E-state index contributed by atoms with van der Waals surface area (Å²) in [5.74, 6) is 0.557. The third kappa shape index (κ3) is 3.71. The van der Waals surface area contributed by atoms with E-state index in [-0.39, 0.29) is 12.5 Å². The molecule has 0 atom stereocenters. The standard InChI is InChI=1S/C18H25N5O2/c1-13-9-14(2)11-15(10-13)23-17(20-21-22-23)18(7-5-4-6-8-18)19-16(24)12-25-3/h9-11H,4-8,12H2,1-3H3,(H,19,24). The van der Waals surface area contributed by atoms with Crippen molar-refractivity contribution in [2.75, 3.05) is 13.7 Å². The highest BCUT2D eigenvalue weighted by Crippen LogP contribution is 2.36. The summed E-state index contributed by atoms with van der Waals surface area (Å²) in [6, 6.07) is 6.23. The van der Waals surface area contributed by atoms with Crippen molar-refractivity contribution < 1.29 is 9.53 Å². The van der Waals surface area contributed by atoms with Gasteiger partial charge in [-0.15, -0.1) is 5.10 Å². The Hall–Kier alpha value is -2.28. The maximum atomic E-state index is 12.3. The minimum absolute atomic E-state index is 0.0346. The number of hydrogen-bond acceptors (Lipinski definition) is 5. The van der Waals surface area contributed by atoms with Crippen LogP contribution in [0.2, 0.25) is 0 Å². The molecule has 0 aliphatic heterocycles. The van der Waals surface area contributed by atoms with Crippen molar-refractivity contribution in [2.45, 2.75) is 51.5 Å². The average Bonchev–Trinajstić information content (AvgIpc) is 3.05. The van der Waals surface area contributed by atoms with Crippen LogP contribution in [0.15, 0.2) is 18.2 Å². The quantitative estimate of drug-likeness (QED) is 0.900. The van der Waals surface area contributed by atoms with Gasteiger partial charge in [0.2, 0.25) is 5.91 Å². The molecule has 1 heterocycles.